The van der Waals surface area contributed by atoms with Crippen molar-refractivity contribution in [3.8, 4) is 5.75 Å². The Labute approximate surface area is 146 Å². The number of carbonyl (C=O) groups excluding carboxylic acids is 2. The van der Waals surface area contributed by atoms with E-state index < -0.39 is 0 Å². The van der Waals surface area contributed by atoms with E-state index in [1.165, 1.54) is 4.90 Å². The number of halogens is 1. The number of rotatable bonds is 7. The van der Waals surface area contributed by atoms with Gasteiger partial charge in [-0.15, -0.1) is 0 Å². The molecule has 0 atom stereocenters. The average molecular weight is 347 g/mol. The molecule has 0 heterocycles. The molecule has 0 aliphatic carbocycles. The van der Waals surface area contributed by atoms with Crippen LogP contribution in [0.25, 0.3) is 0 Å². The molecule has 0 aliphatic rings. The fourth-order valence-corrected chi connectivity index (χ4v) is 2.19. The number of amides is 2. The minimum atomic E-state index is -0.372. The molecule has 0 aromatic heterocycles. The lowest BCUT2D eigenvalue weighted by Crippen LogP contribution is -2.39. The summed E-state index contributed by atoms with van der Waals surface area (Å²) >= 11 is 5.95. The molecule has 24 heavy (non-hydrogen) atoms. The SMILES string of the molecule is CN(CCOc1ccccc1)C(=O)CNC(=O)c1ccccc1Cl. The molecule has 0 unspecified atom stereocenters. The molecule has 0 bridgehead atoms. The van der Waals surface area contributed by atoms with E-state index in [1.54, 1.807) is 31.3 Å². The topological polar surface area (TPSA) is 58.6 Å². The van der Waals surface area contributed by atoms with Gasteiger partial charge in [0.25, 0.3) is 5.91 Å². The molecular weight excluding hydrogens is 328 g/mol. The van der Waals surface area contributed by atoms with Crippen molar-refractivity contribution in [1.29, 1.82) is 0 Å². The lowest BCUT2D eigenvalue weighted by molar-refractivity contribution is -0.129. The van der Waals surface area contributed by atoms with Crippen molar-refractivity contribution in [3.63, 3.8) is 0 Å². The van der Waals surface area contributed by atoms with Crippen LogP contribution in [-0.4, -0.2) is 43.5 Å². The van der Waals surface area contributed by atoms with Gasteiger partial charge in [0.1, 0.15) is 12.4 Å². The van der Waals surface area contributed by atoms with Crippen molar-refractivity contribution in [1.82, 2.24) is 10.2 Å². The molecule has 1 N–H and O–H groups in total. The quantitative estimate of drug-likeness (QED) is 0.838. The van der Waals surface area contributed by atoms with Gasteiger partial charge in [0.05, 0.1) is 23.7 Å². The summed E-state index contributed by atoms with van der Waals surface area (Å²) in [4.78, 5) is 25.5. The van der Waals surface area contributed by atoms with Crippen LogP contribution in [0.5, 0.6) is 5.75 Å². The Hall–Kier alpha value is -2.53. The molecule has 5 nitrogen and oxygen atoms in total. The molecule has 0 aliphatic heterocycles. The second-order valence-electron chi connectivity index (χ2n) is 5.14. The lowest BCUT2D eigenvalue weighted by atomic mass is 10.2. The summed E-state index contributed by atoms with van der Waals surface area (Å²) in [6.45, 7) is 0.715. The summed E-state index contributed by atoms with van der Waals surface area (Å²) in [6.07, 6.45) is 0. The zero-order valence-corrected chi connectivity index (χ0v) is 14.1. The van der Waals surface area contributed by atoms with Crippen molar-refractivity contribution in [2.45, 2.75) is 0 Å². The molecule has 2 aromatic rings. The predicted molar refractivity (Wildman–Crippen MR) is 93.4 cm³/mol. The zero-order chi connectivity index (χ0) is 17.4. The Bertz CT molecular complexity index is 692. The van der Waals surface area contributed by atoms with Gasteiger partial charge in [-0.05, 0) is 24.3 Å². The maximum Gasteiger partial charge on any atom is 0.253 e. The third kappa shape index (κ3) is 5.28. The van der Waals surface area contributed by atoms with Crippen LogP contribution in [0.15, 0.2) is 54.6 Å². The van der Waals surface area contributed by atoms with E-state index in [2.05, 4.69) is 5.32 Å². The summed E-state index contributed by atoms with van der Waals surface area (Å²) in [7, 11) is 1.67. The van der Waals surface area contributed by atoms with Crippen LogP contribution in [-0.2, 0) is 4.79 Å². The summed E-state index contributed by atoms with van der Waals surface area (Å²) in [6, 6.07) is 16.1. The first kappa shape index (κ1) is 17.8. The number of carbonyl (C=O) groups is 2. The van der Waals surface area contributed by atoms with Crippen LogP contribution in [0.4, 0.5) is 0 Å². The first-order valence-corrected chi connectivity index (χ1v) is 7.90. The van der Waals surface area contributed by atoms with Gasteiger partial charge in [0.2, 0.25) is 5.91 Å². The average Bonchev–Trinajstić information content (AvgIpc) is 2.60. The van der Waals surface area contributed by atoms with Crippen molar-refractivity contribution >= 4 is 23.4 Å². The second-order valence-corrected chi connectivity index (χ2v) is 5.55. The van der Waals surface area contributed by atoms with Gasteiger partial charge in [-0.3, -0.25) is 9.59 Å². The largest absolute Gasteiger partial charge is 0.492 e. The van der Waals surface area contributed by atoms with Crippen molar-refractivity contribution in [2.24, 2.45) is 0 Å². The fourth-order valence-electron chi connectivity index (χ4n) is 1.97. The minimum Gasteiger partial charge on any atom is -0.492 e. The van der Waals surface area contributed by atoms with Crippen LogP contribution in [0.2, 0.25) is 5.02 Å². The van der Waals surface area contributed by atoms with E-state index in [1.807, 2.05) is 30.3 Å². The number of nitrogens with zero attached hydrogens (tertiary/aromatic N) is 1. The lowest BCUT2D eigenvalue weighted by Gasteiger charge is -2.18. The Morgan fingerprint density at radius 2 is 1.75 bits per heavy atom. The van der Waals surface area contributed by atoms with E-state index in [0.29, 0.717) is 23.7 Å². The first-order chi connectivity index (χ1) is 11.6. The zero-order valence-electron chi connectivity index (χ0n) is 13.4. The molecule has 0 saturated carbocycles. The normalized spacial score (nSPS) is 10.1. The van der Waals surface area contributed by atoms with E-state index in [4.69, 9.17) is 16.3 Å². The highest BCUT2D eigenvalue weighted by Gasteiger charge is 2.13. The monoisotopic (exact) mass is 346 g/mol. The number of hydrogen-bond donors (Lipinski definition) is 1. The van der Waals surface area contributed by atoms with Crippen LogP contribution >= 0.6 is 11.6 Å². The van der Waals surface area contributed by atoms with Gasteiger partial charge < -0.3 is 15.0 Å². The molecular formula is C18H19ClN2O3. The van der Waals surface area contributed by atoms with Gasteiger partial charge in [-0.2, -0.15) is 0 Å². The van der Waals surface area contributed by atoms with Gasteiger partial charge in [0.15, 0.2) is 0 Å². The maximum atomic E-state index is 12.0. The molecule has 2 rings (SSSR count). The van der Waals surface area contributed by atoms with Crippen molar-refractivity contribution in [3.05, 3.63) is 65.2 Å². The molecule has 0 saturated heterocycles. The van der Waals surface area contributed by atoms with Crippen LogP contribution in [0.3, 0.4) is 0 Å². The highest BCUT2D eigenvalue weighted by Crippen LogP contribution is 2.14. The third-order valence-electron chi connectivity index (χ3n) is 3.38. The van der Waals surface area contributed by atoms with Crippen LogP contribution in [0, 0.1) is 0 Å². The molecule has 6 heteroatoms. The van der Waals surface area contributed by atoms with Gasteiger partial charge >= 0.3 is 0 Å². The Balaban J connectivity index is 1.73. The summed E-state index contributed by atoms with van der Waals surface area (Å²) < 4.78 is 5.54. The van der Waals surface area contributed by atoms with E-state index in [-0.39, 0.29) is 18.4 Å². The Morgan fingerprint density at radius 1 is 1.08 bits per heavy atom. The number of ether oxygens (including phenoxy) is 1. The Morgan fingerprint density at radius 3 is 2.46 bits per heavy atom. The second kappa shape index (κ2) is 8.93. The summed E-state index contributed by atoms with van der Waals surface area (Å²) in [5, 5.41) is 2.93. The highest BCUT2D eigenvalue weighted by atomic mass is 35.5. The molecule has 2 aromatic carbocycles. The molecule has 0 radical (unpaired) electrons. The summed E-state index contributed by atoms with van der Waals surface area (Å²) in [5.74, 6) is 0.181. The van der Waals surface area contributed by atoms with Gasteiger partial charge in [-0.1, -0.05) is 41.9 Å². The van der Waals surface area contributed by atoms with E-state index in [9.17, 15) is 9.59 Å². The van der Waals surface area contributed by atoms with E-state index >= 15 is 0 Å². The van der Waals surface area contributed by atoms with Crippen molar-refractivity contribution in [2.75, 3.05) is 26.7 Å². The molecule has 0 fully saturated rings. The first-order valence-electron chi connectivity index (χ1n) is 7.52. The predicted octanol–water partition coefficient (Wildman–Crippen LogP) is 2.61. The Kier molecular flexibility index (Phi) is 6.63. The van der Waals surface area contributed by atoms with Crippen LogP contribution < -0.4 is 10.1 Å². The number of para-hydroxylation sites is 1. The van der Waals surface area contributed by atoms with Gasteiger partial charge in [-0.25, -0.2) is 0 Å². The molecule has 2 amide bonds. The third-order valence-corrected chi connectivity index (χ3v) is 3.71. The fraction of sp³-hybridized carbons (Fsp3) is 0.222. The molecule has 0 spiro atoms. The number of nitrogens with one attached hydrogen (secondary N) is 1. The van der Waals surface area contributed by atoms with E-state index in [0.717, 1.165) is 5.75 Å². The number of benzene rings is 2. The number of likely N-dealkylation sites (N-methyl/N-ethyl adjacent to an activating group) is 1. The van der Waals surface area contributed by atoms with Crippen LogP contribution in [0.1, 0.15) is 10.4 Å². The summed E-state index contributed by atoms with van der Waals surface area (Å²) in [5.41, 5.74) is 0.349. The smallest absolute Gasteiger partial charge is 0.253 e. The number of hydrogen-bond acceptors (Lipinski definition) is 3. The van der Waals surface area contributed by atoms with Gasteiger partial charge in [0, 0.05) is 7.05 Å². The van der Waals surface area contributed by atoms with Crippen molar-refractivity contribution < 1.29 is 14.3 Å². The molecule has 126 valence electrons. The highest BCUT2D eigenvalue weighted by molar-refractivity contribution is 6.33. The minimum absolute atomic E-state index is 0.0914. The maximum absolute atomic E-state index is 12.0. The standard InChI is InChI=1S/C18H19ClN2O3/c1-21(11-12-24-14-7-3-2-4-8-14)17(22)13-20-18(23)15-9-5-6-10-16(15)19/h2-10H,11-13H2,1H3,(H,20,23).